The Labute approximate surface area is 91.0 Å². The monoisotopic (exact) mass is 206 g/mol. The lowest BCUT2D eigenvalue weighted by Crippen LogP contribution is -2.07. The van der Waals surface area contributed by atoms with Gasteiger partial charge in [-0.3, -0.25) is 9.78 Å². The molecule has 2 N–H and O–H groups in total. The minimum atomic E-state index is -0.269. The van der Waals surface area contributed by atoms with Gasteiger partial charge in [0.15, 0.2) is 0 Å². The van der Waals surface area contributed by atoms with Crippen LogP contribution in [0.4, 0.5) is 0 Å². The number of carbonyl (C=O) groups excluding carboxylic acids is 1. The molecular weight excluding hydrogens is 188 g/mol. The summed E-state index contributed by atoms with van der Waals surface area (Å²) in [6.07, 6.45) is 6.82. The first kappa shape index (κ1) is 13.4. The van der Waals surface area contributed by atoms with Crippen LogP contribution in [0.2, 0.25) is 0 Å². The van der Waals surface area contributed by atoms with E-state index in [-0.39, 0.29) is 5.91 Å². The highest BCUT2D eigenvalue weighted by atomic mass is 16.1. The SMILES string of the molecule is CC/C=C\CC(N)=O.Cc1ccccn1. The molecule has 0 saturated carbocycles. The minimum absolute atomic E-state index is 0.269. The van der Waals surface area contributed by atoms with E-state index in [0.29, 0.717) is 6.42 Å². The molecule has 1 aromatic heterocycles. The fourth-order valence-corrected chi connectivity index (χ4v) is 0.814. The summed E-state index contributed by atoms with van der Waals surface area (Å²) in [6.45, 7) is 3.98. The fourth-order valence-electron chi connectivity index (χ4n) is 0.814. The largest absolute Gasteiger partial charge is 0.369 e. The zero-order valence-corrected chi connectivity index (χ0v) is 9.31. The summed E-state index contributed by atoms with van der Waals surface area (Å²) < 4.78 is 0. The highest BCUT2D eigenvalue weighted by Crippen LogP contribution is 1.86. The second-order valence-corrected chi connectivity index (χ2v) is 3.02. The van der Waals surface area contributed by atoms with Crippen LogP contribution in [0.5, 0.6) is 0 Å². The van der Waals surface area contributed by atoms with Crippen molar-refractivity contribution in [1.29, 1.82) is 0 Å². The molecule has 0 unspecified atom stereocenters. The third kappa shape index (κ3) is 10.3. The van der Waals surface area contributed by atoms with Crippen LogP contribution in [0.3, 0.4) is 0 Å². The summed E-state index contributed by atoms with van der Waals surface area (Å²) in [7, 11) is 0. The fraction of sp³-hybridized carbons (Fsp3) is 0.333. The van der Waals surface area contributed by atoms with Gasteiger partial charge in [-0.25, -0.2) is 0 Å². The third-order valence-corrected chi connectivity index (χ3v) is 1.53. The van der Waals surface area contributed by atoms with Gasteiger partial charge in [-0.15, -0.1) is 0 Å². The molecule has 1 heterocycles. The number of nitrogens with zero attached hydrogens (tertiary/aromatic N) is 1. The van der Waals surface area contributed by atoms with Gasteiger partial charge in [-0.1, -0.05) is 25.1 Å². The van der Waals surface area contributed by atoms with E-state index in [1.165, 1.54) is 0 Å². The molecule has 0 radical (unpaired) electrons. The molecule has 0 spiro atoms. The molecule has 15 heavy (non-hydrogen) atoms. The van der Waals surface area contributed by atoms with Crippen molar-refractivity contribution in [2.45, 2.75) is 26.7 Å². The van der Waals surface area contributed by atoms with Gasteiger partial charge < -0.3 is 5.73 Å². The first-order chi connectivity index (χ1) is 7.16. The molecule has 82 valence electrons. The van der Waals surface area contributed by atoms with E-state index < -0.39 is 0 Å². The van der Waals surface area contributed by atoms with Gasteiger partial charge in [0.05, 0.1) is 0 Å². The Balaban J connectivity index is 0.000000262. The van der Waals surface area contributed by atoms with Crippen LogP contribution in [0.15, 0.2) is 36.5 Å². The Hall–Kier alpha value is -1.64. The van der Waals surface area contributed by atoms with Gasteiger partial charge in [-0.05, 0) is 25.5 Å². The Morgan fingerprint density at radius 3 is 2.53 bits per heavy atom. The van der Waals surface area contributed by atoms with E-state index in [9.17, 15) is 4.79 Å². The Morgan fingerprint density at radius 1 is 1.47 bits per heavy atom. The molecule has 0 aliphatic heterocycles. The van der Waals surface area contributed by atoms with Crippen LogP contribution in [0, 0.1) is 6.92 Å². The predicted molar refractivity (Wildman–Crippen MR) is 62.2 cm³/mol. The van der Waals surface area contributed by atoms with Gasteiger partial charge in [0.1, 0.15) is 0 Å². The van der Waals surface area contributed by atoms with Gasteiger partial charge in [0.25, 0.3) is 0 Å². The Morgan fingerprint density at radius 2 is 2.20 bits per heavy atom. The number of hydrogen-bond acceptors (Lipinski definition) is 2. The van der Waals surface area contributed by atoms with Crippen molar-refractivity contribution in [3.8, 4) is 0 Å². The molecule has 3 nitrogen and oxygen atoms in total. The highest BCUT2D eigenvalue weighted by molar-refractivity contribution is 5.75. The van der Waals surface area contributed by atoms with Crippen LogP contribution in [0.25, 0.3) is 0 Å². The first-order valence-electron chi connectivity index (χ1n) is 4.97. The second-order valence-electron chi connectivity index (χ2n) is 3.02. The van der Waals surface area contributed by atoms with E-state index in [1.807, 2.05) is 38.1 Å². The molecule has 0 aromatic carbocycles. The highest BCUT2D eigenvalue weighted by Gasteiger charge is 1.83. The molecule has 0 fully saturated rings. The lowest BCUT2D eigenvalue weighted by atomic mass is 10.3. The molecule has 0 aliphatic carbocycles. The lowest BCUT2D eigenvalue weighted by molar-refractivity contribution is -0.117. The summed E-state index contributed by atoms with van der Waals surface area (Å²) in [5.41, 5.74) is 5.91. The van der Waals surface area contributed by atoms with E-state index in [0.717, 1.165) is 12.1 Å². The number of allylic oxidation sites excluding steroid dienone is 1. The number of carbonyl (C=O) groups is 1. The van der Waals surface area contributed by atoms with E-state index in [1.54, 1.807) is 12.3 Å². The van der Waals surface area contributed by atoms with Crippen LogP contribution < -0.4 is 5.73 Å². The number of primary amides is 1. The quantitative estimate of drug-likeness (QED) is 0.771. The minimum Gasteiger partial charge on any atom is -0.369 e. The van der Waals surface area contributed by atoms with Crippen LogP contribution in [0.1, 0.15) is 25.5 Å². The van der Waals surface area contributed by atoms with E-state index >= 15 is 0 Å². The van der Waals surface area contributed by atoms with Gasteiger partial charge >= 0.3 is 0 Å². The van der Waals surface area contributed by atoms with Crippen molar-refractivity contribution in [2.24, 2.45) is 5.73 Å². The maximum Gasteiger partial charge on any atom is 0.221 e. The summed E-state index contributed by atoms with van der Waals surface area (Å²) >= 11 is 0. The first-order valence-corrected chi connectivity index (χ1v) is 4.97. The molecular formula is C12H18N2O. The summed E-state index contributed by atoms with van der Waals surface area (Å²) in [5, 5.41) is 0. The van der Waals surface area contributed by atoms with Crippen molar-refractivity contribution in [2.75, 3.05) is 0 Å². The predicted octanol–water partition coefficient (Wildman–Crippen LogP) is 2.22. The van der Waals surface area contributed by atoms with Crippen molar-refractivity contribution < 1.29 is 4.79 Å². The molecule has 1 rings (SSSR count). The topological polar surface area (TPSA) is 56.0 Å². The lowest BCUT2D eigenvalue weighted by Gasteiger charge is -1.82. The maximum atomic E-state index is 10.0. The summed E-state index contributed by atoms with van der Waals surface area (Å²) in [4.78, 5) is 14.0. The molecule has 3 heteroatoms. The van der Waals surface area contributed by atoms with Crippen molar-refractivity contribution in [3.63, 3.8) is 0 Å². The van der Waals surface area contributed by atoms with Crippen molar-refractivity contribution >= 4 is 5.91 Å². The zero-order valence-electron chi connectivity index (χ0n) is 9.31. The molecule has 0 aliphatic rings. The second kappa shape index (κ2) is 8.94. The molecule has 0 atom stereocenters. The third-order valence-electron chi connectivity index (χ3n) is 1.53. The summed E-state index contributed by atoms with van der Waals surface area (Å²) in [5.74, 6) is -0.269. The van der Waals surface area contributed by atoms with Crippen LogP contribution >= 0.6 is 0 Å². The zero-order chi connectivity index (χ0) is 11.5. The Bertz CT molecular complexity index is 294. The molecule has 1 amide bonds. The van der Waals surface area contributed by atoms with Gasteiger partial charge in [0, 0.05) is 18.3 Å². The van der Waals surface area contributed by atoms with Gasteiger partial charge in [0.2, 0.25) is 5.91 Å². The Kier molecular flexibility index (Phi) is 7.96. The number of amides is 1. The maximum absolute atomic E-state index is 10.0. The van der Waals surface area contributed by atoms with Crippen molar-refractivity contribution in [1.82, 2.24) is 4.98 Å². The van der Waals surface area contributed by atoms with E-state index in [2.05, 4.69) is 4.98 Å². The summed E-state index contributed by atoms with van der Waals surface area (Å²) in [6, 6.07) is 5.86. The molecule has 0 bridgehead atoms. The number of rotatable bonds is 3. The normalized spacial score (nSPS) is 9.47. The van der Waals surface area contributed by atoms with E-state index in [4.69, 9.17) is 5.73 Å². The van der Waals surface area contributed by atoms with Gasteiger partial charge in [-0.2, -0.15) is 0 Å². The molecule has 0 saturated heterocycles. The smallest absolute Gasteiger partial charge is 0.221 e. The average Bonchev–Trinajstić information content (AvgIpc) is 2.20. The number of pyridine rings is 1. The van der Waals surface area contributed by atoms with Crippen LogP contribution in [-0.2, 0) is 4.79 Å². The number of nitrogens with two attached hydrogens (primary N) is 1. The molecule has 1 aromatic rings. The van der Waals surface area contributed by atoms with Crippen LogP contribution in [-0.4, -0.2) is 10.9 Å². The van der Waals surface area contributed by atoms with Crippen molar-refractivity contribution in [3.05, 3.63) is 42.2 Å². The number of aryl methyl sites for hydroxylation is 1. The number of hydrogen-bond donors (Lipinski definition) is 1. The average molecular weight is 206 g/mol. The standard InChI is InChI=1S/C6H11NO.C6H7N/c1-2-3-4-5-6(7)8;1-6-4-2-3-5-7-6/h3-4H,2,5H2,1H3,(H2,7,8);2-5H,1H3/b4-3-;. The number of aromatic nitrogens is 1.